The lowest BCUT2D eigenvalue weighted by Crippen LogP contribution is -2.30. The third kappa shape index (κ3) is 6.97. The monoisotopic (exact) mass is 254 g/mol. The highest BCUT2D eigenvalue weighted by atomic mass is 19.4. The number of unbranched alkanes of at least 4 members (excludes halogenated alkanes) is 3. The summed E-state index contributed by atoms with van der Waals surface area (Å²) in [5.74, 6) is -4.23. The molecule has 0 saturated heterocycles. The average Bonchev–Trinajstić information content (AvgIpc) is 2.22. The van der Waals surface area contributed by atoms with Crippen LogP contribution in [0.15, 0.2) is 0 Å². The Balaban J connectivity index is 3.94. The van der Waals surface area contributed by atoms with Gasteiger partial charge in [-0.2, -0.15) is 13.2 Å². The number of halogens is 3. The summed E-state index contributed by atoms with van der Waals surface area (Å²) in [6, 6.07) is 0. The van der Waals surface area contributed by atoms with E-state index in [0.717, 1.165) is 25.7 Å². The van der Waals surface area contributed by atoms with E-state index in [2.05, 4.69) is 4.74 Å². The van der Waals surface area contributed by atoms with Gasteiger partial charge < -0.3 is 4.74 Å². The molecule has 0 aliphatic heterocycles. The van der Waals surface area contributed by atoms with Crippen molar-refractivity contribution in [3.05, 3.63) is 0 Å². The zero-order chi connectivity index (χ0) is 13.5. The van der Waals surface area contributed by atoms with Crippen molar-refractivity contribution in [3.8, 4) is 0 Å². The van der Waals surface area contributed by atoms with Gasteiger partial charge in [-0.1, -0.05) is 39.5 Å². The van der Waals surface area contributed by atoms with Crippen LogP contribution in [-0.4, -0.2) is 18.1 Å². The van der Waals surface area contributed by atoms with Gasteiger partial charge in [0.2, 0.25) is 0 Å². The molecular formula is C11H17F3O3. The third-order valence-electron chi connectivity index (χ3n) is 2.32. The number of carbonyl (C=O) groups excluding carboxylic acids is 2. The zero-order valence-electron chi connectivity index (χ0n) is 9.97. The maximum Gasteiger partial charge on any atom is 0.491 e. The highest BCUT2D eigenvalue weighted by Crippen LogP contribution is 2.19. The van der Waals surface area contributed by atoms with E-state index >= 15 is 0 Å². The first-order chi connectivity index (χ1) is 7.79. The normalized spacial score (nSPS) is 13.2. The summed E-state index contributed by atoms with van der Waals surface area (Å²) in [6.45, 7) is 3.48. The summed E-state index contributed by atoms with van der Waals surface area (Å²) in [7, 11) is 0. The van der Waals surface area contributed by atoms with Crippen LogP contribution >= 0.6 is 0 Å². The van der Waals surface area contributed by atoms with Crippen LogP contribution in [0, 0.1) is 5.92 Å². The van der Waals surface area contributed by atoms with Gasteiger partial charge in [0.1, 0.15) is 0 Å². The first kappa shape index (κ1) is 15.9. The molecule has 0 amide bonds. The van der Waals surface area contributed by atoms with Crippen LogP contribution in [0.1, 0.15) is 46.0 Å². The second-order valence-corrected chi connectivity index (χ2v) is 3.96. The van der Waals surface area contributed by atoms with Gasteiger partial charge in [-0.15, -0.1) is 0 Å². The van der Waals surface area contributed by atoms with Gasteiger partial charge in [-0.05, 0) is 6.42 Å². The fourth-order valence-corrected chi connectivity index (χ4v) is 1.24. The fourth-order valence-electron chi connectivity index (χ4n) is 1.24. The summed E-state index contributed by atoms with van der Waals surface area (Å²) in [4.78, 5) is 21.5. The minimum atomic E-state index is -5.11. The standard InChI is InChI=1S/C11H17F3O3/c1-3-4-5-6-7-8(2)9(15)17-10(16)11(12,13)14/h8H,3-7H2,1-2H3. The molecule has 0 aromatic rings. The first-order valence-corrected chi connectivity index (χ1v) is 5.61. The molecule has 0 bridgehead atoms. The molecule has 0 N–H and O–H groups in total. The lowest BCUT2D eigenvalue weighted by Gasteiger charge is -2.10. The molecule has 0 aliphatic rings. The Bertz CT molecular complexity index is 261. The maximum absolute atomic E-state index is 11.8. The van der Waals surface area contributed by atoms with E-state index in [1.54, 1.807) is 0 Å². The Morgan fingerprint density at radius 1 is 1.18 bits per heavy atom. The molecule has 17 heavy (non-hydrogen) atoms. The number of esters is 2. The average molecular weight is 254 g/mol. The number of carbonyl (C=O) groups is 2. The molecule has 6 heteroatoms. The van der Waals surface area contributed by atoms with Crippen LogP contribution in [0.5, 0.6) is 0 Å². The van der Waals surface area contributed by atoms with Gasteiger partial charge in [0, 0.05) is 0 Å². The summed E-state index contributed by atoms with van der Waals surface area (Å²) < 4.78 is 39.1. The van der Waals surface area contributed by atoms with Crippen molar-refractivity contribution in [2.24, 2.45) is 5.92 Å². The molecule has 3 nitrogen and oxygen atoms in total. The van der Waals surface area contributed by atoms with Gasteiger partial charge in [0.05, 0.1) is 5.92 Å². The molecule has 0 aromatic carbocycles. The number of alkyl halides is 3. The molecule has 0 radical (unpaired) electrons. The van der Waals surface area contributed by atoms with Crippen LogP contribution < -0.4 is 0 Å². The van der Waals surface area contributed by atoms with Crippen molar-refractivity contribution in [1.29, 1.82) is 0 Å². The smallest absolute Gasteiger partial charge is 0.386 e. The van der Waals surface area contributed by atoms with Gasteiger partial charge in [-0.25, -0.2) is 4.79 Å². The van der Waals surface area contributed by atoms with Crippen LogP contribution in [-0.2, 0) is 14.3 Å². The van der Waals surface area contributed by atoms with E-state index in [1.807, 2.05) is 6.92 Å². The second kappa shape index (κ2) is 7.29. The van der Waals surface area contributed by atoms with Crippen molar-refractivity contribution < 1.29 is 27.5 Å². The molecule has 0 fully saturated rings. The minimum Gasteiger partial charge on any atom is -0.386 e. The molecular weight excluding hydrogens is 237 g/mol. The molecule has 0 aromatic heterocycles. The Morgan fingerprint density at radius 2 is 1.76 bits per heavy atom. The predicted molar refractivity (Wildman–Crippen MR) is 55.1 cm³/mol. The summed E-state index contributed by atoms with van der Waals surface area (Å²) in [6.07, 6.45) is -0.970. The number of hydrogen-bond acceptors (Lipinski definition) is 3. The second-order valence-electron chi connectivity index (χ2n) is 3.96. The van der Waals surface area contributed by atoms with Crippen LogP contribution in [0.25, 0.3) is 0 Å². The van der Waals surface area contributed by atoms with Gasteiger partial charge in [-0.3, -0.25) is 4.79 Å². The van der Waals surface area contributed by atoms with Crippen LogP contribution in [0.4, 0.5) is 13.2 Å². The Kier molecular flexibility index (Phi) is 6.83. The van der Waals surface area contributed by atoms with E-state index in [9.17, 15) is 22.8 Å². The third-order valence-corrected chi connectivity index (χ3v) is 2.32. The molecule has 0 heterocycles. The van der Waals surface area contributed by atoms with Gasteiger partial charge >= 0.3 is 18.1 Å². The molecule has 0 rings (SSSR count). The number of rotatable bonds is 6. The van der Waals surface area contributed by atoms with Crippen LogP contribution in [0.2, 0.25) is 0 Å². The van der Waals surface area contributed by atoms with E-state index < -0.39 is 24.0 Å². The fraction of sp³-hybridized carbons (Fsp3) is 0.818. The van der Waals surface area contributed by atoms with Crippen molar-refractivity contribution >= 4 is 11.9 Å². The molecule has 1 atom stereocenters. The lowest BCUT2D eigenvalue weighted by molar-refractivity contribution is -0.203. The van der Waals surface area contributed by atoms with Gasteiger partial charge in [0.15, 0.2) is 0 Å². The van der Waals surface area contributed by atoms with E-state index in [4.69, 9.17) is 0 Å². The van der Waals surface area contributed by atoms with Gasteiger partial charge in [0.25, 0.3) is 0 Å². The number of hydrogen-bond donors (Lipinski definition) is 0. The first-order valence-electron chi connectivity index (χ1n) is 5.61. The Hall–Kier alpha value is -1.07. The Morgan fingerprint density at radius 3 is 2.24 bits per heavy atom. The Labute approximate surface area is 98.3 Å². The molecule has 0 saturated carbocycles. The molecule has 100 valence electrons. The largest absolute Gasteiger partial charge is 0.491 e. The molecule has 0 spiro atoms. The quantitative estimate of drug-likeness (QED) is 0.415. The van der Waals surface area contributed by atoms with E-state index in [0.29, 0.717) is 6.42 Å². The summed E-state index contributed by atoms with van der Waals surface area (Å²) in [5, 5.41) is 0. The van der Waals surface area contributed by atoms with Crippen molar-refractivity contribution in [1.82, 2.24) is 0 Å². The van der Waals surface area contributed by atoms with Crippen LogP contribution in [0.3, 0.4) is 0 Å². The van der Waals surface area contributed by atoms with E-state index in [1.165, 1.54) is 6.92 Å². The minimum absolute atomic E-state index is 0.434. The highest BCUT2D eigenvalue weighted by molar-refractivity contribution is 5.89. The highest BCUT2D eigenvalue weighted by Gasteiger charge is 2.42. The lowest BCUT2D eigenvalue weighted by atomic mass is 10.0. The van der Waals surface area contributed by atoms with Crippen molar-refractivity contribution in [3.63, 3.8) is 0 Å². The topological polar surface area (TPSA) is 43.4 Å². The van der Waals surface area contributed by atoms with Crippen molar-refractivity contribution in [2.75, 3.05) is 0 Å². The molecule has 1 unspecified atom stereocenters. The molecule has 0 aliphatic carbocycles. The number of ether oxygens (including phenoxy) is 1. The van der Waals surface area contributed by atoms with E-state index in [-0.39, 0.29) is 0 Å². The van der Waals surface area contributed by atoms with Crippen molar-refractivity contribution in [2.45, 2.75) is 52.1 Å². The predicted octanol–water partition coefficient (Wildman–Crippen LogP) is 3.23. The maximum atomic E-state index is 11.8. The summed E-state index contributed by atoms with van der Waals surface area (Å²) in [5.41, 5.74) is 0. The SMILES string of the molecule is CCCCCCC(C)C(=O)OC(=O)C(F)(F)F. The zero-order valence-corrected chi connectivity index (χ0v) is 9.97. The summed E-state index contributed by atoms with van der Waals surface area (Å²) >= 11 is 0.